The summed E-state index contributed by atoms with van der Waals surface area (Å²) in [5, 5.41) is 0.657. The van der Waals surface area contributed by atoms with Gasteiger partial charge in [0.25, 0.3) is 0 Å². The number of methoxy groups -OCH3 is 1. The van der Waals surface area contributed by atoms with Gasteiger partial charge in [0.05, 0.1) is 13.5 Å². The second-order valence-corrected chi connectivity index (χ2v) is 7.04. The summed E-state index contributed by atoms with van der Waals surface area (Å²) >= 11 is 5.93. The molecule has 5 heteroatoms. The summed E-state index contributed by atoms with van der Waals surface area (Å²) in [7, 11) is 1.36. The highest BCUT2D eigenvalue weighted by Crippen LogP contribution is 2.14. The van der Waals surface area contributed by atoms with Gasteiger partial charge in [-0.2, -0.15) is 0 Å². The molecule has 1 amide bonds. The third kappa shape index (κ3) is 7.43. The number of benzene rings is 2. The number of rotatable bonds is 9. The van der Waals surface area contributed by atoms with Crippen LogP contribution in [0.1, 0.15) is 36.0 Å². The van der Waals surface area contributed by atoms with E-state index in [9.17, 15) is 9.59 Å². The standard InChI is InChI=1S/C22H26ClNO3/c1-17-6-8-18(9-7-17)4-3-5-21(25)24(15-14-22(26)27-2)16-19-10-12-20(23)13-11-19/h6-13H,3-5,14-16H2,1-2H3. The van der Waals surface area contributed by atoms with Crippen LogP contribution in [0.3, 0.4) is 0 Å². The molecule has 144 valence electrons. The number of esters is 1. The second-order valence-electron chi connectivity index (χ2n) is 6.61. The quantitative estimate of drug-likeness (QED) is 0.592. The Bertz CT molecular complexity index is 741. The summed E-state index contributed by atoms with van der Waals surface area (Å²) in [4.78, 5) is 25.9. The Morgan fingerprint density at radius 3 is 2.22 bits per heavy atom. The maximum Gasteiger partial charge on any atom is 0.307 e. The molecule has 2 rings (SSSR count). The summed E-state index contributed by atoms with van der Waals surface area (Å²) in [6.45, 7) is 2.86. The first-order chi connectivity index (χ1) is 13.0. The Morgan fingerprint density at radius 2 is 1.59 bits per heavy atom. The van der Waals surface area contributed by atoms with Crippen LogP contribution < -0.4 is 0 Å². The molecule has 0 fully saturated rings. The fourth-order valence-corrected chi connectivity index (χ4v) is 2.91. The fourth-order valence-electron chi connectivity index (χ4n) is 2.79. The van der Waals surface area contributed by atoms with Crippen molar-refractivity contribution in [2.24, 2.45) is 0 Å². The zero-order chi connectivity index (χ0) is 19.6. The molecule has 27 heavy (non-hydrogen) atoms. The first-order valence-electron chi connectivity index (χ1n) is 9.12. The minimum Gasteiger partial charge on any atom is -0.469 e. The number of nitrogens with zero attached hydrogens (tertiary/aromatic N) is 1. The lowest BCUT2D eigenvalue weighted by Crippen LogP contribution is -2.32. The number of hydrogen-bond acceptors (Lipinski definition) is 3. The lowest BCUT2D eigenvalue weighted by atomic mass is 10.1. The summed E-state index contributed by atoms with van der Waals surface area (Å²) in [5.41, 5.74) is 3.44. The van der Waals surface area contributed by atoms with Crippen LogP contribution in [0, 0.1) is 6.92 Å². The molecule has 0 aliphatic carbocycles. The van der Waals surface area contributed by atoms with Crippen LogP contribution in [0.2, 0.25) is 5.02 Å². The van der Waals surface area contributed by atoms with Crippen molar-refractivity contribution in [2.45, 2.75) is 39.2 Å². The topological polar surface area (TPSA) is 46.6 Å². The molecule has 2 aromatic carbocycles. The van der Waals surface area contributed by atoms with E-state index in [-0.39, 0.29) is 18.3 Å². The molecular formula is C22H26ClNO3. The normalized spacial score (nSPS) is 10.5. The van der Waals surface area contributed by atoms with Crippen molar-refractivity contribution >= 4 is 23.5 Å². The Hall–Kier alpha value is -2.33. The Morgan fingerprint density at radius 1 is 0.963 bits per heavy atom. The summed E-state index contributed by atoms with van der Waals surface area (Å²) in [6.07, 6.45) is 2.27. The maximum atomic E-state index is 12.7. The predicted octanol–water partition coefficient (Wildman–Crippen LogP) is 4.56. The van der Waals surface area contributed by atoms with Gasteiger partial charge >= 0.3 is 5.97 Å². The van der Waals surface area contributed by atoms with Crippen LogP contribution in [0.5, 0.6) is 0 Å². The third-order valence-corrected chi connectivity index (χ3v) is 4.68. The minimum absolute atomic E-state index is 0.0426. The Balaban J connectivity index is 1.93. The van der Waals surface area contributed by atoms with Crippen LogP contribution in [0.4, 0.5) is 0 Å². The van der Waals surface area contributed by atoms with Gasteiger partial charge < -0.3 is 9.64 Å². The van der Waals surface area contributed by atoms with E-state index in [0.29, 0.717) is 24.5 Å². The first kappa shape index (κ1) is 21.0. The van der Waals surface area contributed by atoms with Gasteiger partial charge in [0.2, 0.25) is 5.91 Å². The molecule has 0 bridgehead atoms. The average Bonchev–Trinajstić information content (AvgIpc) is 2.67. The maximum absolute atomic E-state index is 12.7. The molecule has 0 aliphatic rings. The smallest absolute Gasteiger partial charge is 0.307 e. The van der Waals surface area contributed by atoms with Crippen molar-refractivity contribution in [1.29, 1.82) is 0 Å². The van der Waals surface area contributed by atoms with E-state index < -0.39 is 0 Å². The molecule has 0 unspecified atom stereocenters. The van der Waals surface area contributed by atoms with E-state index >= 15 is 0 Å². The highest BCUT2D eigenvalue weighted by Gasteiger charge is 2.15. The zero-order valence-electron chi connectivity index (χ0n) is 15.9. The average molecular weight is 388 g/mol. The van der Waals surface area contributed by atoms with Crippen molar-refractivity contribution in [1.82, 2.24) is 4.90 Å². The van der Waals surface area contributed by atoms with Gasteiger partial charge in [-0.15, -0.1) is 0 Å². The number of halogens is 1. The summed E-state index contributed by atoms with van der Waals surface area (Å²) in [5.74, 6) is -0.274. The number of carbonyl (C=O) groups is 2. The summed E-state index contributed by atoms with van der Waals surface area (Å²) < 4.78 is 4.70. The van der Waals surface area contributed by atoms with E-state index in [1.54, 1.807) is 17.0 Å². The van der Waals surface area contributed by atoms with Gasteiger partial charge in [0.15, 0.2) is 0 Å². The van der Waals surface area contributed by atoms with Crippen LogP contribution in [-0.2, 0) is 27.3 Å². The lowest BCUT2D eigenvalue weighted by molar-refractivity contribution is -0.142. The van der Waals surface area contributed by atoms with Crippen LogP contribution in [0.15, 0.2) is 48.5 Å². The van der Waals surface area contributed by atoms with Gasteiger partial charge in [-0.25, -0.2) is 0 Å². The van der Waals surface area contributed by atoms with Gasteiger partial charge in [-0.05, 0) is 43.0 Å². The van der Waals surface area contributed by atoms with Gasteiger partial charge in [0, 0.05) is 24.5 Å². The zero-order valence-corrected chi connectivity index (χ0v) is 16.7. The molecule has 0 saturated carbocycles. The Labute approximate surface area is 166 Å². The highest BCUT2D eigenvalue weighted by atomic mass is 35.5. The molecule has 0 spiro atoms. The molecule has 0 saturated heterocycles. The molecule has 0 aliphatic heterocycles. The van der Waals surface area contributed by atoms with Crippen molar-refractivity contribution in [2.75, 3.05) is 13.7 Å². The first-order valence-corrected chi connectivity index (χ1v) is 9.50. The summed E-state index contributed by atoms with van der Waals surface area (Å²) in [6, 6.07) is 15.8. The van der Waals surface area contributed by atoms with Crippen molar-refractivity contribution in [3.8, 4) is 0 Å². The number of hydrogen-bond donors (Lipinski definition) is 0. The number of amides is 1. The third-order valence-electron chi connectivity index (χ3n) is 4.43. The SMILES string of the molecule is COC(=O)CCN(Cc1ccc(Cl)cc1)C(=O)CCCc1ccc(C)cc1. The van der Waals surface area contributed by atoms with Gasteiger partial charge in [-0.1, -0.05) is 53.6 Å². The molecule has 0 heterocycles. The lowest BCUT2D eigenvalue weighted by Gasteiger charge is -2.22. The molecule has 2 aromatic rings. The van der Waals surface area contributed by atoms with Gasteiger partial charge in [0.1, 0.15) is 0 Å². The van der Waals surface area contributed by atoms with E-state index in [0.717, 1.165) is 18.4 Å². The van der Waals surface area contributed by atoms with E-state index in [1.165, 1.54) is 18.2 Å². The van der Waals surface area contributed by atoms with Crippen LogP contribution >= 0.6 is 11.6 Å². The largest absolute Gasteiger partial charge is 0.469 e. The minimum atomic E-state index is -0.316. The van der Waals surface area contributed by atoms with Crippen LogP contribution in [0.25, 0.3) is 0 Å². The van der Waals surface area contributed by atoms with E-state index in [1.807, 2.05) is 12.1 Å². The molecule has 4 nitrogen and oxygen atoms in total. The van der Waals surface area contributed by atoms with Crippen molar-refractivity contribution in [3.63, 3.8) is 0 Å². The molecule has 0 atom stereocenters. The molecular weight excluding hydrogens is 362 g/mol. The molecule has 0 radical (unpaired) electrons. The fraction of sp³-hybridized carbons (Fsp3) is 0.364. The predicted molar refractivity (Wildman–Crippen MR) is 108 cm³/mol. The van der Waals surface area contributed by atoms with Crippen LogP contribution in [-0.4, -0.2) is 30.4 Å². The molecule has 0 aromatic heterocycles. The second kappa shape index (κ2) is 10.7. The number of aryl methyl sites for hydroxylation is 2. The monoisotopic (exact) mass is 387 g/mol. The Kier molecular flexibility index (Phi) is 8.34. The molecule has 0 N–H and O–H groups in total. The van der Waals surface area contributed by atoms with E-state index in [4.69, 9.17) is 16.3 Å². The van der Waals surface area contributed by atoms with Gasteiger partial charge in [-0.3, -0.25) is 9.59 Å². The highest BCUT2D eigenvalue weighted by molar-refractivity contribution is 6.30. The van der Waals surface area contributed by atoms with E-state index in [2.05, 4.69) is 31.2 Å². The number of ether oxygens (including phenoxy) is 1. The van der Waals surface area contributed by atoms with Crippen molar-refractivity contribution < 1.29 is 14.3 Å². The van der Waals surface area contributed by atoms with Crippen molar-refractivity contribution in [3.05, 3.63) is 70.2 Å². The number of carbonyl (C=O) groups excluding carboxylic acids is 2.